The van der Waals surface area contributed by atoms with Crippen molar-refractivity contribution in [2.75, 3.05) is 0 Å². The molecule has 0 aromatic heterocycles. The van der Waals surface area contributed by atoms with Gasteiger partial charge in [0.1, 0.15) is 0 Å². The van der Waals surface area contributed by atoms with Gasteiger partial charge >= 0.3 is 0 Å². The van der Waals surface area contributed by atoms with Crippen LogP contribution in [-0.4, -0.2) is 0 Å². The van der Waals surface area contributed by atoms with Gasteiger partial charge in [-0.15, -0.1) is 0 Å². The predicted molar refractivity (Wildman–Crippen MR) is 81.2 cm³/mol. The minimum Gasteiger partial charge on any atom is -0.271 e. The smallest absolute Gasteiger partial charge is 0.0485 e. The van der Waals surface area contributed by atoms with Crippen molar-refractivity contribution in [2.45, 2.75) is 26.3 Å². The molecule has 0 aliphatic heterocycles. The van der Waals surface area contributed by atoms with Gasteiger partial charge in [-0.25, -0.2) is 0 Å². The molecule has 3 heteroatoms. The lowest BCUT2D eigenvalue weighted by Gasteiger charge is -2.22. The molecule has 96 valence electrons. The highest BCUT2D eigenvalue weighted by molar-refractivity contribution is 9.10. The summed E-state index contributed by atoms with van der Waals surface area (Å²) in [5.74, 6) is 6.21. The first-order valence-electron chi connectivity index (χ1n) is 6.31. The van der Waals surface area contributed by atoms with Crippen LogP contribution in [0, 0.1) is 5.92 Å². The van der Waals surface area contributed by atoms with Crippen molar-refractivity contribution < 1.29 is 0 Å². The Hall–Kier alpha value is -0.900. The van der Waals surface area contributed by atoms with Crippen molar-refractivity contribution in [3.63, 3.8) is 0 Å². The first-order valence-corrected chi connectivity index (χ1v) is 7.10. The fraction of sp³-hybridized carbons (Fsp3) is 0.333. The van der Waals surface area contributed by atoms with Gasteiger partial charge in [-0.2, -0.15) is 0 Å². The molecule has 0 saturated heterocycles. The van der Waals surface area contributed by atoms with E-state index in [4.69, 9.17) is 5.84 Å². The molecule has 2 aromatic rings. The van der Waals surface area contributed by atoms with Crippen LogP contribution in [0.5, 0.6) is 0 Å². The molecular weight excluding hydrogens is 288 g/mol. The fourth-order valence-electron chi connectivity index (χ4n) is 2.25. The molecule has 0 bridgehead atoms. The van der Waals surface area contributed by atoms with Crippen LogP contribution >= 0.6 is 15.9 Å². The van der Waals surface area contributed by atoms with Crippen LogP contribution in [0.2, 0.25) is 0 Å². The van der Waals surface area contributed by atoms with E-state index in [0.717, 1.165) is 10.9 Å². The number of benzene rings is 2. The molecule has 2 unspecified atom stereocenters. The molecule has 0 fully saturated rings. The summed E-state index contributed by atoms with van der Waals surface area (Å²) in [4.78, 5) is 0. The lowest BCUT2D eigenvalue weighted by Crippen LogP contribution is -2.32. The van der Waals surface area contributed by atoms with Crippen LogP contribution in [-0.2, 0) is 0 Å². The zero-order valence-corrected chi connectivity index (χ0v) is 12.4. The quantitative estimate of drug-likeness (QED) is 0.658. The Bertz CT molecular complexity index is 539. The van der Waals surface area contributed by atoms with Gasteiger partial charge in [0.15, 0.2) is 0 Å². The molecule has 0 radical (unpaired) electrons. The summed E-state index contributed by atoms with van der Waals surface area (Å²) in [6.07, 6.45) is 1.10. The Balaban J connectivity index is 2.42. The third kappa shape index (κ3) is 2.74. The average molecular weight is 307 g/mol. The Kier molecular flexibility index (Phi) is 4.38. The Morgan fingerprint density at radius 3 is 2.50 bits per heavy atom. The fourth-order valence-corrected chi connectivity index (χ4v) is 2.63. The molecule has 0 spiro atoms. The molecule has 2 rings (SSSR count). The van der Waals surface area contributed by atoms with Crippen LogP contribution in [0.1, 0.15) is 31.9 Å². The molecule has 2 nitrogen and oxygen atoms in total. The number of hydrogen-bond acceptors (Lipinski definition) is 2. The highest BCUT2D eigenvalue weighted by Gasteiger charge is 2.16. The molecule has 3 N–H and O–H groups in total. The van der Waals surface area contributed by atoms with E-state index < -0.39 is 0 Å². The summed E-state index contributed by atoms with van der Waals surface area (Å²) < 4.78 is 1.11. The summed E-state index contributed by atoms with van der Waals surface area (Å²) in [5, 5.41) is 2.49. The van der Waals surface area contributed by atoms with Crippen molar-refractivity contribution in [3.8, 4) is 0 Å². The third-order valence-corrected chi connectivity index (χ3v) is 4.07. The lowest BCUT2D eigenvalue weighted by atomic mass is 9.92. The molecule has 18 heavy (non-hydrogen) atoms. The SMILES string of the molecule is CCC(C)C(NN)c1ccc2cc(Br)ccc2c1. The van der Waals surface area contributed by atoms with Crippen molar-refractivity contribution in [1.29, 1.82) is 0 Å². The van der Waals surface area contributed by atoms with Gasteiger partial charge in [0.25, 0.3) is 0 Å². The van der Waals surface area contributed by atoms with Crippen molar-refractivity contribution >= 4 is 26.7 Å². The maximum atomic E-state index is 5.69. The summed E-state index contributed by atoms with van der Waals surface area (Å²) in [6, 6.07) is 13.1. The van der Waals surface area contributed by atoms with Crippen LogP contribution in [0.3, 0.4) is 0 Å². The lowest BCUT2D eigenvalue weighted by molar-refractivity contribution is 0.383. The van der Waals surface area contributed by atoms with Gasteiger partial charge in [-0.05, 0) is 40.5 Å². The predicted octanol–water partition coefficient (Wildman–Crippen LogP) is 4.15. The summed E-state index contributed by atoms with van der Waals surface area (Å²) in [7, 11) is 0. The van der Waals surface area contributed by atoms with E-state index in [0.29, 0.717) is 5.92 Å². The monoisotopic (exact) mass is 306 g/mol. The van der Waals surface area contributed by atoms with Crippen LogP contribution in [0.15, 0.2) is 40.9 Å². The first-order chi connectivity index (χ1) is 8.65. The molecule has 0 heterocycles. The van der Waals surface area contributed by atoms with Gasteiger partial charge in [-0.3, -0.25) is 11.3 Å². The van der Waals surface area contributed by atoms with E-state index >= 15 is 0 Å². The second kappa shape index (κ2) is 5.83. The standard InChI is InChI=1S/C15H19BrN2/c1-3-10(2)15(18-17)13-5-4-12-9-14(16)7-6-11(12)8-13/h4-10,15,18H,3,17H2,1-2H3. The minimum absolute atomic E-state index is 0.211. The topological polar surface area (TPSA) is 38.0 Å². The zero-order valence-electron chi connectivity index (χ0n) is 10.8. The van der Waals surface area contributed by atoms with E-state index in [1.54, 1.807) is 0 Å². The summed E-state index contributed by atoms with van der Waals surface area (Å²) in [5.41, 5.74) is 4.19. The number of nitrogens with two attached hydrogens (primary N) is 1. The number of hydrogen-bond donors (Lipinski definition) is 2. The highest BCUT2D eigenvalue weighted by Crippen LogP contribution is 2.27. The number of hydrazine groups is 1. The van der Waals surface area contributed by atoms with Crippen molar-refractivity contribution in [1.82, 2.24) is 5.43 Å². The van der Waals surface area contributed by atoms with E-state index in [1.807, 2.05) is 0 Å². The Morgan fingerprint density at radius 1 is 1.17 bits per heavy atom. The number of rotatable bonds is 4. The van der Waals surface area contributed by atoms with Gasteiger partial charge in [0.2, 0.25) is 0 Å². The van der Waals surface area contributed by atoms with Crippen molar-refractivity contribution in [2.24, 2.45) is 11.8 Å². The second-order valence-corrected chi connectivity index (χ2v) is 5.70. The minimum atomic E-state index is 0.211. The largest absolute Gasteiger partial charge is 0.271 e. The van der Waals surface area contributed by atoms with E-state index in [-0.39, 0.29) is 6.04 Å². The van der Waals surface area contributed by atoms with E-state index in [1.165, 1.54) is 16.3 Å². The second-order valence-electron chi connectivity index (χ2n) is 4.78. The number of fused-ring (bicyclic) bond motifs is 1. The zero-order chi connectivity index (χ0) is 13.1. The molecule has 0 aliphatic rings. The average Bonchev–Trinajstić information content (AvgIpc) is 2.39. The maximum Gasteiger partial charge on any atom is 0.0485 e. The highest BCUT2D eigenvalue weighted by atomic mass is 79.9. The van der Waals surface area contributed by atoms with Crippen LogP contribution < -0.4 is 11.3 Å². The van der Waals surface area contributed by atoms with Gasteiger partial charge in [0, 0.05) is 10.5 Å². The molecular formula is C15H19BrN2. The van der Waals surface area contributed by atoms with E-state index in [9.17, 15) is 0 Å². The number of halogens is 1. The van der Waals surface area contributed by atoms with Gasteiger partial charge in [-0.1, -0.05) is 54.4 Å². The molecule has 0 saturated carbocycles. The number of nitrogens with one attached hydrogen (secondary N) is 1. The van der Waals surface area contributed by atoms with Gasteiger partial charge < -0.3 is 0 Å². The van der Waals surface area contributed by atoms with Crippen molar-refractivity contribution in [3.05, 3.63) is 46.4 Å². The van der Waals surface area contributed by atoms with E-state index in [2.05, 4.69) is 71.6 Å². The summed E-state index contributed by atoms with van der Waals surface area (Å²) >= 11 is 3.50. The first kappa shape index (κ1) is 13.5. The van der Waals surface area contributed by atoms with Crippen LogP contribution in [0.25, 0.3) is 10.8 Å². The van der Waals surface area contributed by atoms with Crippen LogP contribution in [0.4, 0.5) is 0 Å². The Morgan fingerprint density at radius 2 is 1.83 bits per heavy atom. The Labute approximate surface area is 117 Å². The molecule has 0 amide bonds. The third-order valence-electron chi connectivity index (χ3n) is 3.58. The molecule has 2 aromatic carbocycles. The maximum absolute atomic E-state index is 5.69. The van der Waals surface area contributed by atoms with Gasteiger partial charge in [0.05, 0.1) is 0 Å². The molecule has 2 atom stereocenters. The normalized spacial score (nSPS) is 14.7. The molecule has 0 aliphatic carbocycles. The summed E-state index contributed by atoms with van der Waals surface area (Å²) in [6.45, 7) is 4.41.